The van der Waals surface area contributed by atoms with Crippen LogP contribution in [0.4, 0.5) is 16.2 Å². The zero-order valence-corrected chi connectivity index (χ0v) is 14.6. The molecule has 0 aromatic heterocycles. The standard InChI is InChI=1S/C20H23N3O/c1-15-7-10-18(14-16(15)2)22-20(24)21-13-5-6-17-8-11-19(12-9-17)23(3)4/h7-12,14H,13H2,1-4H3,(H2,21,22,24). The maximum atomic E-state index is 11.8. The van der Waals surface area contributed by atoms with Gasteiger partial charge in [0.1, 0.15) is 0 Å². The maximum absolute atomic E-state index is 11.8. The highest BCUT2D eigenvalue weighted by Gasteiger charge is 2.01. The monoisotopic (exact) mass is 321 g/mol. The molecule has 124 valence electrons. The first-order chi connectivity index (χ1) is 11.5. The third kappa shape index (κ3) is 5.06. The summed E-state index contributed by atoms with van der Waals surface area (Å²) in [6.07, 6.45) is 0. The van der Waals surface area contributed by atoms with Crippen molar-refractivity contribution in [2.75, 3.05) is 30.9 Å². The second-order valence-corrected chi connectivity index (χ2v) is 5.85. The largest absolute Gasteiger partial charge is 0.378 e. The fraction of sp³-hybridized carbons (Fsp3) is 0.250. The molecule has 0 radical (unpaired) electrons. The molecule has 4 nitrogen and oxygen atoms in total. The Kier molecular flexibility index (Phi) is 5.86. The predicted molar refractivity (Wildman–Crippen MR) is 101 cm³/mol. The molecule has 0 heterocycles. The van der Waals surface area contributed by atoms with E-state index in [-0.39, 0.29) is 6.03 Å². The first-order valence-corrected chi connectivity index (χ1v) is 7.84. The third-order valence-electron chi connectivity index (χ3n) is 3.72. The second-order valence-electron chi connectivity index (χ2n) is 5.85. The van der Waals surface area contributed by atoms with Gasteiger partial charge in [0.2, 0.25) is 0 Å². The van der Waals surface area contributed by atoms with Crippen LogP contribution in [0.3, 0.4) is 0 Å². The lowest BCUT2D eigenvalue weighted by Crippen LogP contribution is -2.28. The molecule has 0 saturated heterocycles. The van der Waals surface area contributed by atoms with Crippen molar-refractivity contribution in [3.8, 4) is 11.8 Å². The van der Waals surface area contributed by atoms with Gasteiger partial charge < -0.3 is 15.5 Å². The fourth-order valence-electron chi connectivity index (χ4n) is 2.11. The second kappa shape index (κ2) is 8.07. The number of benzene rings is 2. The van der Waals surface area contributed by atoms with Gasteiger partial charge in [-0.2, -0.15) is 0 Å². The van der Waals surface area contributed by atoms with Crippen LogP contribution in [-0.4, -0.2) is 26.7 Å². The summed E-state index contributed by atoms with van der Waals surface area (Å²) in [6.45, 7) is 4.36. The lowest BCUT2D eigenvalue weighted by molar-refractivity contribution is 0.253. The van der Waals surface area contributed by atoms with Gasteiger partial charge in [-0.25, -0.2) is 4.79 Å². The van der Waals surface area contributed by atoms with Crippen molar-refractivity contribution in [1.82, 2.24) is 5.32 Å². The number of anilines is 2. The van der Waals surface area contributed by atoms with E-state index in [0.717, 1.165) is 22.5 Å². The number of carbonyl (C=O) groups excluding carboxylic acids is 1. The first-order valence-electron chi connectivity index (χ1n) is 7.84. The van der Waals surface area contributed by atoms with E-state index in [1.54, 1.807) is 0 Å². The number of hydrogen-bond donors (Lipinski definition) is 2. The van der Waals surface area contributed by atoms with Gasteiger partial charge in [-0.1, -0.05) is 17.9 Å². The van der Waals surface area contributed by atoms with Gasteiger partial charge in [0.05, 0.1) is 6.54 Å². The van der Waals surface area contributed by atoms with Gasteiger partial charge in [0, 0.05) is 31.0 Å². The van der Waals surface area contributed by atoms with Crippen LogP contribution in [0.25, 0.3) is 0 Å². The van der Waals surface area contributed by atoms with Crippen molar-refractivity contribution >= 4 is 17.4 Å². The van der Waals surface area contributed by atoms with Crippen LogP contribution in [-0.2, 0) is 0 Å². The predicted octanol–water partition coefficient (Wildman–Crippen LogP) is 3.54. The zero-order chi connectivity index (χ0) is 17.5. The molecular weight excluding hydrogens is 298 g/mol. The Morgan fingerprint density at radius 1 is 1.04 bits per heavy atom. The van der Waals surface area contributed by atoms with Crippen molar-refractivity contribution in [2.45, 2.75) is 13.8 Å². The number of carbonyl (C=O) groups is 1. The molecule has 0 spiro atoms. The van der Waals surface area contributed by atoms with Gasteiger partial charge >= 0.3 is 6.03 Å². The quantitative estimate of drug-likeness (QED) is 0.849. The topological polar surface area (TPSA) is 44.4 Å². The lowest BCUT2D eigenvalue weighted by Gasteiger charge is -2.11. The van der Waals surface area contributed by atoms with E-state index in [1.807, 2.05) is 75.3 Å². The van der Waals surface area contributed by atoms with Crippen molar-refractivity contribution in [3.05, 3.63) is 59.2 Å². The molecular formula is C20H23N3O. The molecule has 0 bridgehead atoms. The number of amides is 2. The average molecular weight is 321 g/mol. The van der Waals surface area contributed by atoms with Gasteiger partial charge in [0.15, 0.2) is 0 Å². The highest BCUT2D eigenvalue weighted by Crippen LogP contribution is 2.14. The Morgan fingerprint density at radius 3 is 2.38 bits per heavy atom. The van der Waals surface area contributed by atoms with E-state index < -0.39 is 0 Å². The number of hydrogen-bond acceptors (Lipinski definition) is 2. The highest BCUT2D eigenvalue weighted by atomic mass is 16.2. The highest BCUT2D eigenvalue weighted by molar-refractivity contribution is 5.89. The lowest BCUT2D eigenvalue weighted by atomic mass is 10.1. The molecule has 0 unspecified atom stereocenters. The molecule has 2 aromatic rings. The van der Waals surface area contributed by atoms with Crippen LogP contribution in [0.2, 0.25) is 0 Å². The summed E-state index contributed by atoms with van der Waals surface area (Å²) in [4.78, 5) is 13.9. The molecule has 24 heavy (non-hydrogen) atoms. The molecule has 2 N–H and O–H groups in total. The Morgan fingerprint density at radius 2 is 1.75 bits per heavy atom. The van der Waals surface area contributed by atoms with Crippen molar-refractivity contribution in [2.24, 2.45) is 0 Å². The zero-order valence-electron chi connectivity index (χ0n) is 14.6. The van der Waals surface area contributed by atoms with Gasteiger partial charge in [-0.15, -0.1) is 0 Å². The first kappa shape index (κ1) is 17.4. The molecule has 4 heteroatoms. The number of rotatable bonds is 3. The summed E-state index contributed by atoms with van der Waals surface area (Å²) in [5.41, 5.74) is 5.19. The minimum Gasteiger partial charge on any atom is -0.378 e. The molecule has 0 aliphatic heterocycles. The maximum Gasteiger partial charge on any atom is 0.319 e. The minimum absolute atomic E-state index is 0.254. The van der Waals surface area contributed by atoms with E-state index >= 15 is 0 Å². The number of urea groups is 1. The summed E-state index contributed by atoms with van der Waals surface area (Å²) in [7, 11) is 4.00. The third-order valence-corrected chi connectivity index (χ3v) is 3.72. The van der Waals surface area contributed by atoms with Crippen LogP contribution >= 0.6 is 0 Å². The SMILES string of the molecule is Cc1ccc(NC(=O)NCC#Cc2ccc(N(C)C)cc2)cc1C. The summed E-state index contributed by atoms with van der Waals surface area (Å²) in [5.74, 6) is 5.99. The van der Waals surface area contributed by atoms with E-state index in [0.29, 0.717) is 6.54 Å². The molecule has 0 aliphatic rings. The smallest absolute Gasteiger partial charge is 0.319 e. The average Bonchev–Trinajstić information content (AvgIpc) is 2.55. The molecule has 0 fully saturated rings. The molecule has 2 rings (SSSR count). The van der Waals surface area contributed by atoms with E-state index in [2.05, 4.69) is 22.5 Å². The van der Waals surface area contributed by atoms with Crippen LogP contribution in [0, 0.1) is 25.7 Å². The van der Waals surface area contributed by atoms with Crippen molar-refractivity contribution in [3.63, 3.8) is 0 Å². The van der Waals surface area contributed by atoms with Crippen LogP contribution in [0.15, 0.2) is 42.5 Å². The molecule has 0 atom stereocenters. The Hall–Kier alpha value is -2.93. The Bertz CT molecular complexity index is 768. The molecule has 0 aliphatic carbocycles. The van der Waals surface area contributed by atoms with Gasteiger partial charge in [-0.05, 0) is 61.4 Å². The van der Waals surface area contributed by atoms with Crippen molar-refractivity contribution < 1.29 is 4.79 Å². The number of nitrogens with one attached hydrogen (secondary N) is 2. The van der Waals surface area contributed by atoms with Crippen LogP contribution in [0.5, 0.6) is 0 Å². The molecule has 0 saturated carbocycles. The summed E-state index contributed by atoms with van der Waals surface area (Å²) < 4.78 is 0. The fourth-order valence-corrected chi connectivity index (χ4v) is 2.11. The van der Waals surface area contributed by atoms with E-state index in [9.17, 15) is 4.79 Å². The summed E-state index contributed by atoms with van der Waals surface area (Å²) >= 11 is 0. The van der Waals surface area contributed by atoms with Crippen LogP contribution < -0.4 is 15.5 Å². The van der Waals surface area contributed by atoms with E-state index in [1.165, 1.54) is 5.56 Å². The van der Waals surface area contributed by atoms with Gasteiger partial charge in [0.25, 0.3) is 0 Å². The minimum atomic E-state index is -0.254. The number of aryl methyl sites for hydroxylation is 2. The van der Waals surface area contributed by atoms with Gasteiger partial charge in [-0.3, -0.25) is 0 Å². The summed E-state index contributed by atoms with van der Waals surface area (Å²) in [6, 6.07) is 13.5. The Balaban J connectivity index is 1.83. The normalized spacial score (nSPS) is 9.67. The van der Waals surface area contributed by atoms with Crippen LogP contribution in [0.1, 0.15) is 16.7 Å². The van der Waals surface area contributed by atoms with E-state index in [4.69, 9.17) is 0 Å². The number of nitrogens with zero attached hydrogens (tertiary/aromatic N) is 1. The Labute approximate surface area is 143 Å². The van der Waals surface area contributed by atoms with Crippen molar-refractivity contribution in [1.29, 1.82) is 0 Å². The summed E-state index contributed by atoms with van der Waals surface area (Å²) in [5, 5.41) is 5.54. The molecule has 2 aromatic carbocycles. The molecule has 2 amide bonds.